The number of hydrogen-bond donors (Lipinski definition) is 1. The Hall–Kier alpha value is -3.30. The van der Waals surface area contributed by atoms with Crippen molar-refractivity contribution >= 4 is 5.65 Å². The van der Waals surface area contributed by atoms with Crippen LogP contribution in [0.25, 0.3) is 28.3 Å². The number of fused-ring (bicyclic) bond motifs is 1. The molecule has 4 aromatic heterocycles. The summed E-state index contributed by atoms with van der Waals surface area (Å²) < 4.78 is 12.9. The highest BCUT2D eigenvalue weighted by Gasteiger charge is 2.42. The number of likely N-dealkylation sites (tertiary alicyclic amines) is 1. The highest BCUT2D eigenvalue weighted by Crippen LogP contribution is 2.42. The lowest BCUT2D eigenvalue weighted by atomic mass is 9.75. The zero-order chi connectivity index (χ0) is 28.1. The van der Waals surface area contributed by atoms with Gasteiger partial charge in [-0.1, -0.05) is 13.8 Å². The maximum Gasteiger partial charge on any atom is 0.197 e. The molecule has 9 heteroatoms. The Labute approximate surface area is 241 Å². The van der Waals surface area contributed by atoms with E-state index in [4.69, 9.17) is 19.6 Å². The van der Waals surface area contributed by atoms with Crippen LogP contribution in [0.5, 0.6) is 5.75 Å². The van der Waals surface area contributed by atoms with Crippen molar-refractivity contribution in [3.05, 3.63) is 47.5 Å². The third-order valence-corrected chi connectivity index (χ3v) is 9.95. The van der Waals surface area contributed by atoms with Gasteiger partial charge >= 0.3 is 0 Å². The van der Waals surface area contributed by atoms with E-state index >= 15 is 0 Å². The predicted molar refractivity (Wildman–Crippen MR) is 158 cm³/mol. The Morgan fingerprint density at radius 2 is 1.85 bits per heavy atom. The molecule has 1 N–H and O–H groups in total. The standard InChI is InChI=1S/C32H41N7O2/c1-20(2)28-29(23-14-27(40-4)31-34-19-35-39(31)16-23)36-37-30(28)26-13-21(3)25(15-33-26)22-5-7-24(8-6-22)38-11-9-32(10-12-38)17-41-18-32/h13-16,19-20,22,24H,5-12,17-18H2,1-4H3,(H,36,37). The summed E-state index contributed by atoms with van der Waals surface area (Å²) >= 11 is 0. The molecule has 7 rings (SSSR count). The van der Waals surface area contributed by atoms with E-state index in [0.29, 0.717) is 22.7 Å². The summed E-state index contributed by atoms with van der Waals surface area (Å²) in [6.45, 7) is 11.1. The number of aryl methyl sites for hydroxylation is 1. The van der Waals surface area contributed by atoms with E-state index in [1.807, 2.05) is 12.3 Å². The Morgan fingerprint density at radius 3 is 2.51 bits per heavy atom. The molecule has 3 fully saturated rings. The van der Waals surface area contributed by atoms with Gasteiger partial charge in [-0.2, -0.15) is 10.2 Å². The van der Waals surface area contributed by atoms with E-state index in [-0.39, 0.29) is 5.92 Å². The van der Waals surface area contributed by atoms with Crippen LogP contribution in [0.4, 0.5) is 0 Å². The molecule has 4 aromatic rings. The molecule has 9 nitrogen and oxygen atoms in total. The normalized spacial score (nSPS) is 22.9. The van der Waals surface area contributed by atoms with E-state index in [9.17, 15) is 0 Å². The van der Waals surface area contributed by atoms with Gasteiger partial charge in [-0.15, -0.1) is 0 Å². The quantitative estimate of drug-likeness (QED) is 0.323. The second kappa shape index (κ2) is 10.5. The summed E-state index contributed by atoms with van der Waals surface area (Å²) in [7, 11) is 1.65. The number of aromatic nitrogens is 6. The Kier molecular flexibility index (Phi) is 6.82. The van der Waals surface area contributed by atoms with Crippen LogP contribution in [0.2, 0.25) is 0 Å². The van der Waals surface area contributed by atoms with Crippen LogP contribution in [0, 0.1) is 12.3 Å². The van der Waals surface area contributed by atoms with Crippen LogP contribution < -0.4 is 4.74 Å². The van der Waals surface area contributed by atoms with E-state index in [1.165, 1.54) is 69.1 Å². The van der Waals surface area contributed by atoms with E-state index in [2.05, 4.69) is 53.1 Å². The lowest BCUT2D eigenvalue weighted by Crippen LogP contribution is -2.53. The van der Waals surface area contributed by atoms with Gasteiger partial charge in [-0.05, 0) is 93.6 Å². The van der Waals surface area contributed by atoms with Gasteiger partial charge in [0.15, 0.2) is 11.4 Å². The first-order valence-corrected chi connectivity index (χ1v) is 15.2. The molecule has 3 aliphatic rings. The Bertz CT molecular complexity index is 1530. The third kappa shape index (κ3) is 4.73. The molecule has 1 aliphatic carbocycles. The van der Waals surface area contributed by atoms with Gasteiger partial charge in [0.2, 0.25) is 0 Å². The topological polar surface area (TPSA) is 93.5 Å². The summed E-state index contributed by atoms with van der Waals surface area (Å²) in [5, 5.41) is 12.4. The molecule has 216 valence electrons. The molecular formula is C32H41N7O2. The van der Waals surface area contributed by atoms with Gasteiger partial charge in [0.1, 0.15) is 6.33 Å². The molecule has 0 radical (unpaired) electrons. The molecule has 2 saturated heterocycles. The maximum atomic E-state index is 5.60. The minimum Gasteiger partial charge on any atom is -0.493 e. The van der Waals surface area contributed by atoms with Crippen LogP contribution in [0.1, 0.15) is 80.9 Å². The van der Waals surface area contributed by atoms with Crippen LogP contribution in [0.3, 0.4) is 0 Å². The minimum atomic E-state index is 0.245. The first-order valence-electron chi connectivity index (χ1n) is 15.2. The van der Waals surface area contributed by atoms with Crippen molar-refractivity contribution in [1.29, 1.82) is 0 Å². The molecule has 6 heterocycles. The summed E-state index contributed by atoms with van der Waals surface area (Å²) in [6, 6.07) is 4.97. The molecule has 0 unspecified atom stereocenters. The first kappa shape index (κ1) is 26.6. The van der Waals surface area contributed by atoms with E-state index < -0.39 is 0 Å². The number of hydrogen-bond acceptors (Lipinski definition) is 7. The zero-order valence-electron chi connectivity index (χ0n) is 24.7. The highest BCUT2D eigenvalue weighted by molar-refractivity contribution is 5.75. The van der Waals surface area contributed by atoms with Gasteiger partial charge < -0.3 is 14.4 Å². The average Bonchev–Trinajstić information content (AvgIpc) is 3.64. The number of nitrogens with zero attached hydrogens (tertiary/aromatic N) is 6. The predicted octanol–water partition coefficient (Wildman–Crippen LogP) is 5.76. The first-order chi connectivity index (χ1) is 19.9. The summed E-state index contributed by atoms with van der Waals surface area (Å²) in [5.41, 5.74) is 8.81. The van der Waals surface area contributed by atoms with E-state index in [1.54, 1.807) is 11.6 Å². The van der Waals surface area contributed by atoms with Crippen molar-refractivity contribution in [2.24, 2.45) is 5.41 Å². The zero-order valence-corrected chi connectivity index (χ0v) is 24.7. The van der Waals surface area contributed by atoms with Crippen molar-refractivity contribution < 1.29 is 9.47 Å². The fraction of sp³-hybridized carbons (Fsp3) is 0.562. The van der Waals surface area contributed by atoms with Crippen LogP contribution in [-0.4, -0.2) is 74.1 Å². The van der Waals surface area contributed by atoms with Crippen LogP contribution >= 0.6 is 0 Å². The number of piperidine rings is 1. The smallest absolute Gasteiger partial charge is 0.197 e. The SMILES string of the molecule is COc1cc(-c2n[nH]c(-c3cc(C)c(C4CCC(N5CCC6(CC5)COC6)CC4)cn3)c2C(C)C)cn2ncnc12. The molecule has 2 aliphatic heterocycles. The molecule has 1 saturated carbocycles. The molecular weight excluding hydrogens is 514 g/mol. The number of aromatic amines is 1. The molecule has 0 atom stereocenters. The van der Waals surface area contributed by atoms with Gasteiger partial charge in [-0.25, -0.2) is 9.50 Å². The number of H-pyrrole nitrogens is 1. The highest BCUT2D eigenvalue weighted by atomic mass is 16.5. The van der Waals surface area contributed by atoms with Crippen LogP contribution in [-0.2, 0) is 4.74 Å². The third-order valence-electron chi connectivity index (χ3n) is 9.95. The Balaban J connectivity index is 1.09. The van der Waals surface area contributed by atoms with Gasteiger partial charge in [0.05, 0.1) is 37.4 Å². The van der Waals surface area contributed by atoms with Crippen molar-refractivity contribution in [1.82, 2.24) is 34.7 Å². The summed E-state index contributed by atoms with van der Waals surface area (Å²) in [4.78, 5) is 12.1. The number of nitrogens with one attached hydrogen (secondary N) is 1. The molecule has 1 spiro atoms. The number of ether oxygens (including phenoxy) is 2. The molecule has 0 bridgehead atoms. The lowest BCUT2D eigenvalue weighted by molar-refractivity contribution is -0.143. The maximum absolute atomic E-state index is 5.60. The fourth-order valence-corrected chi connectivity index (χ4v) is 7.43. The number of pyridine rings is 2. The second-order valence-electron chi connectivity index (χ2n) is 12.8. The monoisotopic (exact) mass is 555 g/mol. The molecule has 0 aromatic carbocycles. The number of methoxy groups -OCH3 is 1. The summed E-state index contributed by atoms with van der Waals surface area (Å²) in [6.07, 6.45) is 13.3. The van der Waals surface area contributed by atoms with Crippen molar-refractivity contribution in [2.45, 2.75) is 77.2 Å². The lowest BCUT2D eigenvalue weighted by Gasteiger charge is -2.49. The fourth-order valence-electron chi connectivity index (χ4n) is 7.43. The van der Waals surface area contributed by atoms with Gasteiger partial charge in [0.25, 0.3) is 0 Å². The minimum absolute atomic E-state index is 0.245. The molecule has 41 heavy (non-hydrogen) atoms. The van der Waals surface area contributed by atoms with Crippen molar-refractivity contribution in [3.8, 4) is 28.4 Å². The van der Waals surface area contributed by atoms with Crippen molar-refractivity contribution in [2.75, 3.05) is 33.4 Å². The van der Waals surface area contributed by atoms with Crippen molar-refractivity contribution in [3.63, 3.8) is 0 Å². The Morgan fingerprint density at radius 1 is 1.07 bits per heavy atom. The van der Waals surface area contributed by atoms with Crippen LogP contribution in [0.15, 0.2) is 30.9 Å². The second-order valence-corrected chi connectivity index (χ2v) is 12.8. The number of rotatable bonds is 6. The average molecular weight is 556 g/mol. The van der Waals surface area contributed by atoms with Gasteiger partial charge in [-0.3, -0.25) is 10.1 Å². The molecule has 0 amide bonds. The van der Waals surface area contributed by atoms with Gasteiger partial charge in [0, 0.05) is 35.0 Å². The summed E-state index contributed by atoms with van der Waals surface area (Å²) in [5.74, 6) is 1.51. The largest absolute Gasteiger partial charge is 0.493 e. The van der Waals surface area contributed by atoms with E-state index in [0.717, 1.165) is 47.5 Å².